The monoisotopic (exact) mass is 538 g/mol. The van der Waals surface area contributed by atoms with Gasteiger partial charge in [-0.25, -0.2) is 14.4 Å². The maximum absolute atomic E-state index is 12.4. The summed E-state index contributed by atoms with van der Waals surface area (Å²) >= 11 is 0. The zero-order valence-electron chi connectivity index (χ0n) is 20.6. The van der Waals surface area contributed by atoms with Gasteiger partial charge in [0.2, 0.25) is 5.91 Å². The van der Waals surface area contributed by atoms with Crippen molar-refractivity contribution < 1.29 is 43.7 Å². The lowest BCUT2D eigenvalue weighted by Crippen LogP contribution is -2.51. The van der Waals surface area contributed by atoms with E-state index in [2.05, 4.69) is 21.5 Å². The number of rotatable bonds is 15. The van der Waals surface area contributed by atoms with Gasteiger partial charge in [0.25, 0.3) is 0 Å². The van der Waals surface area contributed by atoms with E-state index in [9.17, 15) is 33.5 Å². The second-order valence-electron chi connectivity index (χ2n) is 8.48. The van der Waals surface area contributed by atoms with Gasteiger partial charge in [0, 0.05) is 37.5 Å². The van der Waals surface area contributed by atoms with Crippen LogP contribution < -0.4 is 21.5 Å². The minimum atomic E-state index is -1.50. The summed E-state index contributed by atoms with van der Waals surface area (Å²) in [7, 11) is 1.76. The Morgan fingerprint density at radius 2 is 1.63 bits per heavy atom. The zero-order valence-corrected chi connectivity index (χ0v) is 20.6. The first kappa shape index (κ1) is 29.8. The number of allylic oxidation sites excluding steroid dienone is 1. The van der Waals surface area contributed by atoms with Crippen molar-refractivity contribution in [1.29, 1.82) is 0 Å². The molecule has 3 amide bonds. The summed E-state index contributed by atoms with van der Waals surface area (Å²) in [4.78, 5) is 58.0. The van der Waals surface area contributed by atoms with Crippen molar-refractivity contribution in [3.05, 3.63) is 41.7 Å². The third-order valence-electron chi connectivity index (χ3n) is 5.43. The third kappa shape index (κ3) is 9.93. The van der Waals surface area contributed by atoms with Crippen molar-refractivity contribution in [2.45, 2.75) is 44.2 Å². The molecule has 7 N–H and O–H groups in total. The van der Waals surface area contributed by atoms with E-state index < -0.39 is 49.1 Å². The fourth-order valence-corrected chi connectivity index (χ4v) is 3.51. The number of hydrogen-bond acceptors (Lipinski definition) is 8. The Morgan fingerprint density at radius 3 is 2.21 bits per heavy atom. The average Bonchev–Trinajstić information content (AvgIpc) is 3.18. The Labute approximate surface area is 217 Å². The molecule has 1 aliphatic rings. The average molecular weight is 539 g/mol. The number of nitrogens with one attached hydrogen (secondary N) is 4. The number of anilines is 1. The SMILES string of the molecule is CN1NN(CC(=O)Nc2ccc(CC(NC(=O)NC(CCC(=O)O)C(=O)O)C(=O)O)cc2)C=C1CCCF. The van der Waals surface area contributed by atoms with E-state index in [1.807, 2.05) is 0 Å². The molecule has 0 saturated heterocycles. The number of amides is 3. The Kier molecular flexibility index (Phi) is 11.3. The minimum Gasteiger partial charge on any atom is -0.481 e. The van der Waals surface area contributed by atoms with E-state index in [0.717, 1.165) is 5.70 Å². The fraction of sp³-hybridized carbons (Fsp3) is 0.435. The highest BCUT2D eigenvalue weighted by Crippen LogP contribution is 2.16. The second-order valence-corrected chi connectivity index (χ2v) is 8.48. The van der Waals surface area contributed by atoms with E-state index in [1.165, 1.54) is 0 Å². The molecule has 2 atom stereocenters. The maximum atomic E-state index is 12.4. The summed E-state index contributed by atoms with van der Waals surface area (Å²) in [5.74, 6) is -4.39. The van der Waals surface area contributed by atoms with E-state index in [-0.39, 0.29) is 25.3 Å². The van der Waals surface area contributed by atoms with Crippen molar-refractivity contribution in [3.63, 3.8) is 0 Å². The van der Waals surface area contributed by atoms with Gasteiger partial charge in [-0.3, -0.25) is 24.0 Å². The number of hydrogen-bond donors (Lipinski definition) is 7. The van der Waals surface area contributed by atoms with Crippen LogP contribution in [-0.2, 0) is 25.6 Å². The largest absolute Gasteiger partial charge is 0.481 e. The molecule has 0 spiro atoms. The molecule has 0 fully saturated rings. The summed E-state index contributed by atoms with van der Waals surface area (Å²) in [5.41, 5.74) is 4.76. The molecule has 14 nitrogen and oxygen atoms in total. The quantitative estimate of drug-likeness (QED) is 0.164. The van der Waals surface area contributed by atoms with Gasteiger partial charge in [-0.2, -0.15) is 0 Å². The number of alkyl halides is 1. The van der Waals surface area contributed by atoms with E-state index in [1.54, 1.807) is 47.5 Å². The van der Waals surface area contributed by atoms with Crippen LogP contribution in [0.15, 0.2) is 36.2 Å². The maximum Gasteiger partial charge on any atom is 0.326 e. The van der Waals surface area contributed by atoms with Crippen LogP contribution in [0.25, 0.3) is 0 Å². The standard InChI is InChI=1S/C23H31FN6O8/c1-29-16(3-2-10-24)12-30(28-29)13-19(31)25-15-6-4-14(5-7-15)11-18(22(36)37)27-23(38)26-17(21(34)35)8-9-20(32)33/h4-7,12,17-18,28H,2-3,8-11,13H2,1H3,(H,25,31)(H,32,33)(H,34,35)(H,36,37)(H2,26,27,38). The van der Waals surface area contributed by atoms with Crippen molar-refractivity contribution >= 4 is 35.5 Å². The third-order valence-corrected chi connectivity index (χ3v) is 5.43. The lowest BCUT2D eigenvalue weighted by atomic mass is 10.1. The predicted octanol–water partition coefficient (Wildman–Crippen LogP) is 0.496. The summed E-state index contributed by atoms with van der Waals surface area (Å²) in [6.07, 6.45) is 1.62. The van der Waals surface area contributed by atoms with Crippen LogP contribution in [0.5, 0.6) is 0 Å². The van der Waals surface area contributed by atoms with Crippen molar-refractivity contribution in [2.75, 3.05) is 25.6 Å². The smallest absolute Gasteiger partial charge is 0.326 e. The molecular weight excluding hydrogens is 507 g/mol. The highest BCUT2D eigenvalue weighted by molar-refractivity contribution is 5.92. The summed E-state index contributed by atoms with van der Waals surface area (Å²) in [6.45, 7) is -0.451. The van der Waals surface area contributed by atoms with Crippen molar-refractivity contribution in [3.8, 4) is 0 Å². The van der Waals surface area contributed by atoms with E-state index in [0.29, 0.717) is 24.1 Å². The first-order valence-corrected chi connectivity index (χ1v) is 11.6. The van der Waals surface area contributed by atoms with Gasteiger partial charge in [-0.15, -0.1) is 5.53 Å². The number of halogens is 1. The number of benzene rings is 1. The molecule has 0 saturated carbocycles. The van der Waals surface area contributed by atoms with Gasteiger partial charge in [-0.1, -0.05) is 12.1 Å². The molecule has 1 aromatic carbocycles. The molecule has 38 heavy (non-hydrogen) atoms. The number of nitrogens with zero attached hydrogens (tertiary/aromatic N) is 2. The Balaban J connectivity index is 1.89. The molecule has 1 aliphatic heterocycles. The van der Waals surface area contributed by atoms with Gasteiger partial charge in [-0.05, 0) is 37.0 Å². The molecule has 15 heteroatoms. The molecule has 0 bridgehead atoms. The van der Waals surface area contributed by atoms with Crippen LogP contribution in [-0.4, -0.2) is 87.5 Å². The lowest BCUT2D eigenvalue weighted by Gasteiger charge is -2.20. The Morgan fingerprint density at radius 1 is 1.00 bits per heavy atom. The van der Waals surface area contributed by atoms with Gasteiger partial charge >= 0.3 is 23.9 Å². The highest BCUT2D eigenvalue weighted by Gasteiger charge is 2.25. The number of carboxylic acids is 3. The predicted molar refractivity (Wildman–Crippen MR) is 131 cm³/mol. The topological polar surface area (TPSA) is 201 Å². The van der Waals surface area contributed by atoms with Crippen LogP contribution in [0.2, 0.25) is 0 Å². The highest BCUT2D eigenvalue weighted by atomic mass is 19.1. The Hall–Kier alpha value is -4.40. The van der Waals surface area contributed by atoms with E-state index in [4.69, 9.17) is 10.2 Å². The van der Waals surface area contributed by atoms with Crippen LogP contribution in [0.4, 0.5) is 14.9 Å². The molecular formula is C23H31FN6O8. The summed E-state index contributed by atoms with van der Waals surface area (Å²) in [5, 5.41) is 37.5. The number of urea groups is 1. The second kappa shape index (κ2) is 14.4. The number of carboxylic acid groups (broad SMARTS) is 3. The summed E-state index contributed by atoms with van der Waals surface area (Å²) in [6, 6.07) is 2.28. The normalized spacial score (nSPS) is 14.3. The Bertz CT molecular complexity index is 1050. The van der Waals surface area contributed by atoms with Gasteiger partial charge in [0.05, 0.1) is 6.67 Å². The van der Waals surface area contributed by atoms with Gasteiger partial charge < -0.3 is 31.3 Å². The molecule has 2 unspecified atom stereocenters. The minimum absolute atomic E-state index is 0.0187. The van der Waals surface area contributed by atoms with Crippen molar-refractivity contribution in [2.24, 2.45) is 0 Å². The first-order chi connectivity index (χ1) is 18.0. The number of aliphatic carboxylic acids is 3. The molecule has 0 aliphatic carbocycles. The van der Waals surface area contributed by atoms with Crippen LogP contribution >= 0.6 is 0 Å². The molecule has 1 heterocycles. The molecule has 0 radical (unpaired) electrons. The number of carbonyl (C=O) groups excluding carboxylic acids is 2. The number of carbonyl (C=O) groups is 5. The van der Waals surface area contributed by atoms with Crippen LogP contribution in [0.3, 0.4) is 0 Å². The fourth-order valence-electron chi connectivity index (χ4n) is 3.51. The molecule has 1 aromatic rings. The van der Waals surface area contributed by atoms with Crippen molar-refractivity contribution in [1.82, 2.24) is 26.2 Å². The first-order valence-electron chi connectivity index (χ1n) is 11.6. The van der Waals surface area contributed by atoms with Gasteiger partial charge in [0.15, 0.2) is 0 Å². The van der Waals surface area contributed by atoms with E-state index >= 15 is 0 Å². The molecule has 208 valence electrons. The lowest BCUT2D eigenvalue weighted by molar-refractivity contribution is -0.140. The summed E-state index contributed by atoms with van der Waals surface area (Å²) < 4.78 is 12.4. The molecule has 2 rings (SSSR count). The molecule has 0 aromatic heterocycles. The van der Waals surface area contributed by atoms with Gasteiger partial charge in [0.1, 0.15) is 18.6 Å². The number of hydrazine groups is 2. The van der Waals surface area contributed by atoms with Crippen LogP contribution in [0, 0.1) is 0 Å². The van der Waals surface area contributed by atoms with Crippen LogP contribution in [0.1, 0.15) is 31.2 Å². The zero-order chi connectivity index (χ0) is 28.2.